The van der Waals surface area contributed by atoms with E-state index in [0.29, 0.717) is 108 Å². The van der Waals surface area contributed by atoms with Crippen molar-refractivity contribution in [3.8, 4) is 73.7 Å². The van der Waals surface area contributed by atoms with Crippen LogP contribution in [0, 0.1) is 56.3 Å². The smallest absolute Gasteiger partial charge is 0.870 e. The minimum atomic E-state index is -1.25. The van der Waals surface area contributed by atoms with Gasteiger partial charge in [-0.3, -0.25) is 49.3 Å². The molecule has 0 spiro atoms. The maximum Gasteiger partial charge on any atom is 1.00 e. The number of ketones is 3. The number of methoxy groups -OCH3 is 2. The summed E-state index contributed by atoms with van der Waals surface area (Å²) in [4.78, 5) is 125. The van der Waals surface area contributed by atoms with E-state index in [4.69, 9.17) is 68.8 Å². The van der Waals surface area contributed by atoms with E-state index in [-0.39, 0.29) is 157 Å². The molecule has 147 heavy (non-hydrogen) atoms. The van der Waals surface area contributed by atoms with Crippen LogP contribution in [-0.4, -0.2) is 148 Å². The zero-order valence-corrected chi connectivity index (χ0v) is 91.8. The SMILES string of the molecule is COC(=O)c1cc(Br)c(-c2ccc(C(C)(C)C)cc2)nc1C.COC(=O)c1cc(N)c(-c2ccc(C(C)(C)C)cc2)nc1C.Cc1nc(-c2ccc(C(C)(C)C)cc2)c(N)cc1C(=O)C[C@@H](CCN)C(=O)N(C)[C@@H]1C(=O)C[C@@H](C)C(=O)N[C@H](C(=O)CCC#N)Cc2ccc(OCCN)c(c2)-c2cc1ccc2OCCN.Cc1nc(-c2ccc(C(C)(C)C)cc2)c(N)cc1C(=O)O.N=C(c1ccccc1)c1ccccc1.[Na+].[OH-]. The Morgan fingerprint density at radius 2 is 0.891 bits per heavy atom. The molecule has 0 saturated carbocycles. The summed E-state index contributed by atoms with van der Waals surface area (Å²) in [6.07, 6.45) is -0.441. The van der Waals surface area contributed by atoms with Gasteiger partial charge < -0.3 is 74.1 Å². The first-order valence-corrected chi connectivity index (χ1v) is 48.9. The number of aromatic nitrogens is 4. The van der Waals surface area contributed by atoms with Crippen LogP contribution in [0.2, 0.25) is 0 Å². The van der Waals surface area contributed by atoms with Crippen molar-refractivity contribution in [3.63, 3.8) is 0 Å². The van der Waals surface area contributed by atoms with Gasteiger partial charge in [0.2, 0.25) is 11.8 Å². The number of hydrogen-bond acceptors (Lipinski definition) is 25. The number of nitrogens with one attached hydrogen (secondary N) is 2. The van der Waals surface area contributed by atoms with Crippen LogP contribution in [-0.2, 0) is 56.7 Å². The van der Waals surface area contributed by atoms with Gasteiger partial charge in [-0.05, 0) is 178 Å². The number of ether oxygens (including phenoxy) is 4. The summed E-state index contributed by atoms with van der Waals surface area (Å²) in [7, 11) is 4.21. The van der Waals surface area contributed by atoms with Gasteiger partial charge >= 0.3 is 47.5 Å². The van der Waals surface area contributed by atoms with Gasteiger partial charge in [0.25, 0.3) is 0 Å². The van der Waals surface area contributed by atoms with Crippen molar-refractivity contribution in [2.45, 2.75) is 190 Å². The second-order valence-electron chi connectivity index (χ2n) is 39.9. The fourth-order valence-corrected chi connectivity index (χ4v) is 16.9. The Labute approximate surface area is 894 Å². The maximum atomic E-state index is 14.8. The quantitative estimate of drug-likeness (QED) is 0.0111. The van der Waals surface area contributed by atoms with E-state index in [0.717, 1.165) is 49.1 Å². The number of benzene rings is 8. The number of rotatable bonds is 25. The van der Waals surface area contributed by atoms with E-state index >= 15 is 0 Å². The zero-order valence-electron chi connectivity index (χ0n) is 88.2. The number of esters is 2. The average molecular weight is 2070 g/mol. The van der Waals surface area contributed by atoms with Crippen LogP contribution >= 0.6 is 15.9 Å². The number of nitrogens with two attached hydrogens (primary N) is 6. The second kappa shape index (κ2) is 54.0. The Balaban J connectivity index is 0.000000291. The number of hydrogen-bond donors (Lipinski definition) is 9. The Morgan fingerprint density at radius 3 is 1.29 bits per heavy atom. The summed E-state index contributed by atoms with van der Waals surface area (Å²) in [5.74, 6) is -5.06. The van der Waals surface area contributed by atoms with Crippen LogP contribution < -0.4 is 78.7 Å². The number of halogens is 1. The van der Waals surface area contributed by atoms with E-state index in [1.54, 1.807) is 76.2 Å². The molecule has 1 aliphatic heterocycles. The van der Waals surface area contributed by atoms with Gasteiger partial charge in [0.15, 0.2) is 17.3 Å². The molecule has 0 saturated heterocycles. The standard InChI is InChI=1S/C51H64N8O7.C18H20BrNO2.C18H22N2O2.C17H20N2O2.C13H11N.Na.H2O/c1-30-24-44(62)48(59(6)50(64)35(17-19-53)28-43(61)37-29-40(56)47(57-31(37)2)33-10-13-36(14-11-33)51(3,4)5)34-12-16-46(66-23-21-55)39(27-34)38-25-32(9-15-45(38)65-22-20-54)26-41(58-49(30)63)42(60)8-7-18-52;2*1-11-14(17(21)22-5)10-15(19)16(20-11)12-6-8-13(9-7-12)18(2,3)4;1-10-13(16(20)21)9-14(18)15(19-10)11-5-7-12(8-6-11)17(2,3)4;14-13(11-7-3-1-4-8-11)12-9-5-2-6-10-12;;/h9-16,25,27,29-30,35,41,48H,7-8,17,19-24,26,28,53-56H2,1-6H3,(H,58,63);6-10H,1-5H3;6-10H,19H2,1-5H3;5-9H,18H2,1-4H3,(H,20,21);1-10,14H;;1H2/q;;;;;+1;/p-1/t30-,35-,41+,48+;;;;;;/m1....../s1. The Bertz CT molecular complexity index is 6510. The monoisotopic (exact) mass is 2060 g/mol. The number of carbonyl (C=O) groups is 8. The van der Waals surface area contributed by atoms with Crippen molar-refractivity contribution < 1.29 is 97.4 Å². The summed E-state index contributed by atoms with van der Waals surface area (Å²) in [6, 6.07) is 68.8. The molecule has 0 radical (unpaired) electrons. The van der Waals surface area contributed by atoms with Crippen molar-refractivity contribution in [2.75, 3.05) is 71.3 Å². The maximum absolute atomic E-state index is 14.8. The van der Waals surface area contributed by atoms with E-state index in [1.165, 1.54) is 48.9 Å². The number of pyridine rings is 4. The third-order valence-corrected chi connectivity index (χ3v) is 25.4. The van der Waals surface area contributed by atoms with Crippen LogP contribution in [0.15, 0.2) is 223 Å². The molecule has 13 rings (SSSR count). The molecule has 2 amide bonds. The molecule has 12 aromatic rings. The summed E-state index contributed by atoms with van der Waals surface area (Å²) in [5, 5.41) is 29.1. The summed E-state index contributed by atoms with van der Waals surface area (Å²) < 4.78 is 22.5. The predicted octanol–water partition coefficient (Wildman–Crippen LogP) is 17.7. The second-order valence-corrected chi connectivity index (χ2v) is 40.8. The number of nitrogen functional groups attached to an aromatic ring is 3. The van der Waals surface area contributed by atoms with Crippen LogP contribution in [0.4, 0.5) is 17.1 Å². The number of carbonyl (C=O) groups excluding carboxylic acids is 7. The molecule has 4 aromatic heterocycles. The molecule has 8 aromatic carbocycles. The fourth-order valence-electron chi connectivity index (χ4n) is 16.3. The van der Waals surface area contributed by atoms with Gasteiger partial charge in [-0.2, -0.15) is 5.26 Å². The Kier molecular flexibility index (Phi) is 44.2. The Morgan fingerprint density at radius 1 is 0.517 bits per heavy atom. The number of aromatic carboxylic acids is 1. The average Bonchev–Trinajstić information content (AvgIpc) is 0.772. The number of Topliss-reactive ketones (excluding diaryl/α,β-unsaturated/α-hetero) is 3. The number of carboxylic acid groups (broad SMARTS) is 1. The molecule has 30 heteroatoms. The van der Waals surface area contributed by atoms with Crippen molar-refractivity contribution in [1.82, 2.24) is 30.2 Å². The number of carboxylic acids is 1. The van der Waals surface area contributed by atoms with Crippen molar-refractivity contribution in [3.05, 3.63) is 312 Å². The van der Waals surface area contributed by atoms with Gasteiger partial charge in [0.05, 0.1) is 106 Å². The molecule has 768 valence electrons. The van der Waals surface area contributed by atoms with E-state index in [9.17, 15) is 43.6 Å². The molecule has 1 aliphatic rings. The summed E-state index contributed by atoms with van der Waals surface area (Å²) >= 11 is 3.50. The zero-order chi connectivity index (χ0) is 107. The molecule has 4 bridgehead atoms. The Hall–Kier alpha value is -13.8. The van der Waals surface area contributed by atoms with Gasteiger partial charge in [-0.15, -0.1) is 0 Å². The van der Waals surface area contributed by atoms with Gasteiger partial charge in [0.1, 0.15) is 30.8 Å². The van der Waals surface area contributed by atoms with Gasteiger partial charge in [0, 0.05) is 107 Å². The molecule has 0 fully saturated rings. The summed E-state index contributed by atoms with van der Waals surface area (Å²) in [6.45, 7) is 35.3. The van der Waals surface area contributed by atoms with Crippen LogP contribution in [0.5, 0.6) is 11.5 Å². The molecule has 5 heterocycles. The molecule has 0 unspecified atom stereocenters. The van der Waals surface area contributed by atoms with Gasteiger partial charge in [-0.25, -0.2) is 14.4 Å². The van der Waals surface area contributed by atoms with Crippen LogP contribution in [0.3, 0.4) is 0 Å². The largest absolute Gasteiger partial charge is 1.00 e. The van der Waals surface area contributed by atoms with E-state index in [1.807, 2.05) is 128 Å². The molecule has 16 N–H and O–H groups in total. The van der Waals surface area contributed by atoms with E-state index in [2.05, 4.69) is 168 Å². The fraction of sp³-hybridized carbons (Fsp3) is 0.333. The number of likely N-dealkylation sites (N-methyl/N-ethyl adjacent to an activating group) is 1. The number of amides is 2. The third kappa shape index (κ3) is 32.4. The number of anilines is 3. The van der Waals surface area contributed by atoms with E-state index < -0.39 is 53.5 Å². The van der Waals surface area contributed by atoms with Crippen molar-refractivity contribution in [2.24, 2.45) is 29.0 Å². The van der Waals surface area contributed by atoms with Gasteiger partial charge in [-0.1, -0.05) is 260 Å². The molecule has 4 atom stereocenters. The number of aryl methyl sites for hydroxylation is 4. The van der Waals surface area contributed by atoms with Crippen molar-refractivity contribution in [1.29, 1.82) is 10.7 Å². The molecular formula is C117H138BrN14NaO14. The number of nitrogens with zero attached hydrogens (tertiary/aromatic N) is 6. The number of fused-ring (bicyclic) bond motifs is 5. The first-order valence-electron chi connectivity index (χ1n) is 48.1. The third-order valence-electron chi connectivity index (χ3n) is 24.8. The molecule has 28 nitrogen and oxygen atoms in total. The predicted molar refractivity (Wildman–Crippen MR) is 581 cm³/mol. The number of nitriles is 1. The van der Waals surface area contributed by atoms with Crippen LogP contribution in [0.25, 0.3) is 56.2 Å². The minimum Gasteiger partial charge on any atom is -0.870 e. The topological polar surface area (TPSA) is 494 Å². The van der Waals surface area contributed by atoms with Crippen molar-refractivity contribution >= 4 is 85.8 Å². The first kappa shape index (κ1) is 120. The minimum absolute atomic E-state index is 0. The summed E-state index contributed by atoms with van der Waals surface area (Å²) in [5.41, 5.74) is 57.1. The molecular weight excluding hydrogens is 1930 g/mol. The molecule has 0 aliphatic carbocycles. The normalized spacial score (nSPS) is 13.5. The van der Waals surface area contributed by atoms with Crippen LogP contribution in [0.1, 0.15) is 237 Å². The first-order chi connectivity index (χ1) is 68.5.